The Balaban J connectivity index is 1.97. The van der Waals surface area contributed by atoms with Crippen LogP contribution in [-0.4, -0.2) is 38.8 Å². The van der Waals surface area contributed by atoms with Gasteiger partial charge in [0.05, 0.1) is 36.4 Å². The van der Waals surface area contributed by atoms with Crippen LogP contribution in [0, 0.1) is 5.92 Å². The summed E-state index contributed by atoms with van der Waals surface area (Å²) in [5.41, 5.74) is 8.72. The number of hydrogen-bond donors (Lipinski definition) is 2. The predicted octanol–water partition coefficient (Wildman–Crippen LogP) is 2.29. The maximum absolute atomic E-state index is 11.8. The third kappa shape index (κ3) is 2.88. The minimum atomic E-state index is -0.510. The van der Waals surface area contributed by atoms with Gasteiger partial charge in [-0.05, 0) is 43.9 Å². The van der Waals surface area contributed by atoms with Gasteiger partial charge in [-0.3, -0.25) is 0 Å². The molecule has 1 fully saturated rings. The zero-order valence-electron chi connectivity index (χ0n) is 14.9. The van der Waals surface area contributed by atoms with Crippen molar-refractivity contribution in [3.63, 3.8) is 0 Å². The number of aromatic nitrogens is 3. The zero-order valence-corrected chi connectivity index (χ0v) is 14.9. The van der Waals surface area contributed by atoms with Crippen LogP contribution in [0.15, 0.2) is 18.2 Å². The number of hydrogen-bond acceptors (Lipinski definition) is 6. The number of carbonyl (C=O) groups excluding carboxylic acids is 1. The molecule has 3 aromatic rings. The number of esters is 1. The molecule has 26 heavy (non-hydrogen) atoms. The van der Waals surface area contributed by atoms with Crippen molar-refractivity contribution >= 4 is 33.7 Å². The largest absolute Gasteiger partial charge is 0.465 e. The van der Waals surface area contributed by atoms with Crippen LogP contribution in [0.2, 0.25) is 0 Å². The lowest BCUT2D eigenvalue weighted by Crippen LogP contribution is -2.15. The molecule has 0 bridgehead atoms. The van der Waals surface area contributed by atoms with Crippen LogP contribution in [0.1, 0.15) is 35.9 Å². The highest BCUT2D eigenvalue weighted by molar-refractivity contribution is 6.08. The molecule has 7 heteroatoms. The molecule has 1 unspecified atom stereocenters. The predicted molar refractivity (Wildman–Crippen MR) is 98.9 cm³/mol. The van der Waals surface area contributed by atoms with E-state index in [1.807, 2.05) is 6.07 Å². The fourth-order valence-electron chi connectivity index (χ4n) is 3.40. The summed E-state index contributed by atoms with van der Waals surface area (Å²) in [7, 11) is 1.35. The molecule has 3 N–H and O–H groups in total. The van der Waals surface area contributed by atoms with Crippen molar-refractivity contribution in [1.29, 1.82) is 0 Å². The molecule has 0 aliphatic heterocycles. The van der Waals surface area contributed by atoms with Gasteiger partial charge in [-0.25, -0.2) is 14.8 Å². The molecule has 0 spiro atoms. The number of pyridine rings is 1. The highest BCUT2D eigenvalue weighted by Gasteiger charge is 2.26. The van der Waals surface area contributed by atoms with E-state index in [2.05, 4.69) is 9.55 Å². The first kappa shape index (κ1) is 16.8. The van der Waals surface area contributed by atoms with Crippen molar-refractivity contribution in [2.45, 2.75) is 38.8 Å². The van der Waals surface area contributed by atoms with Crippen LogP contribution >= 0.6 is 0 Å². The average Bonchev–Trinajstić information content (AvgIpc) is 3.35. The lowest BCUT2D eigenvalue weighted by atomic mass is 10.1. The van der Waals surface area contributed by atoms with E-state index in [1.165, 1.54) is 20.0 Å². The first-order valence-corrected chi connectivity index (χ1v) is 8.82. The van der Waals surface area contributed by atoms with Crippen molar-refractivity contribution in [2.24, 2.45) is 5.92 Å². The van der Waals surface area contributed by atoms with Gasteiger partial charge in [0.2, 0.25) is 0 Å². The molecule has 136 valence electrons. The maximum atomic E-state index is 11.8. The fourth-order valence-corrected chi connectivity index (χ4v) is 3.40. The first-order valence-electron chi connectivity index (χ1n) is 8.82. The number of nitrogens with zero attached hydrogens (tertiary/aromatic N) is 3. The highest BCUT2D eigenvalue weighted by Crippen LogP contribution is 2.35. The Labute approximate surface area is 150 Å². The van der Waals surface area contributed by atoms with Crippen LogP contribution in [0.25, 0.3) is 21.9 Å². The second-order valence-electron chi connectivity index (χ2n) is 7.05. The Kier molecular flexibility index (Phi) is 4.03. The van der Waals surface area contributed by atoms with Crippen LogP contribution in [0.3, 0.4) is 0 Å². The van der Waals surface area contributed by atoms with E-state index in [-0.39, 0.29) is 0 Å². The molecule has 4 rings (SSSR count). The minimum Gasteiger partial charge on any atom is -0.465 e. The number of methoxy groups -OCH3 is 1. The molecule has 0 saturated heterocycles. The molecule has 1 aliphatic carbocycles. The monoisotopic (exact) mass is 354 g/mol. The van der Waals surface area contributed by atoms with Crippen molar-refractivity contribution in [3.8, 4) is 0 Å². The summed E-state index contributed by atoms with van der Waals surface area (Å²) in [4.78, 5) is 21.0. The molecule has 0 amide bonds. The number of nitrogen functional groups attached to an aromatic ring is 1. The topological polar surface area (TPSA) is 103 Å². The van der Waals surface area contributed by atoms with E-state index < -0.39 is 12.1 Å². The number of aliphatic hydroxyl groups excluding tert-OH is 1. The molecular formula is C19H22N4O3. The summed E-state index contributed by atoms with van der Waals surface area (Å²) in [5, 5.41) is 10.8. The third-order valence-electron chi connectivity index (χ3n) is 4.82. The van der Waals surface area contributed by atoms with Crippen LogP contribution in [-0.2, 0) is 17.7 Å². The van der Waals surface area contributed by atoms with Gasteiger partial charge in [0.1, 0.15) is 11.3 Å². The Hall–Kier alpha value is -2.67. The number of rotatable bonds is 5. The van der Waals surface area contributed by atoms with Crippen molar-refractivity contribution in [1.82, 2.24) is 14.5 Å². The maximum Gasteiger partial charge on any atom is 0.337 e. The summed E-state index contributed by atoms with van der Waals surface area (Å²) >= 11 is 0. The number of benzene rings is 1. The lowest BCUT2D eigenvalue weighted by Gasteiger charge is -2.13. The van der Waals surface area contributed by atoms with Gasteiger partial charge in [0.15, 0.2) is 5.82 Å². The number of imidazole rings is 1. The van der Waals surface area contributed by atoms with E-state index >= 15 is 0 Å². The van der Waals surface area contributed by atoms with E-state index in [0.717, 1.165) is 23.1 Å². The normalized spacial score (nSPS) is 15.5. The number of fused-ring (bicyclic) bond motifs is 3. The van der Waals surface area contributed by atoms with Gasteiger partial charge >= 0.3 is 5.97 Å². The van der Waals surface area contributed by atoms with E-state index in [1.54, 1.807) is 19.1 Å². The molecule has 0 radical (unpaired) electrons. The molecule has 1 aliphatic rings. The van der Waals surface area contributed by atoms with Crippen molar-refractivity contribution < 1.29 is 14.6 Å². The molecule has 1 atom stereocenters. The van der Waals surface area contributed by atoms with Crippen LogP contribution in [0.5, 0.6) is 0 Å². The minimum absolute atomic E-state index is 0.330. The summed E-state index contributed by atoms with van der Waals surface area (Å²) in [5.74, 6) is 1.50. The van der Waals surface area contributed by atoms with Gasteiger partial charge in [-0.1, -0.05) is 0 Å². The third-order valence-corrected chi connectivity index (χ3v) is 4.82. The Morgan fingerprint density at radius 3 is 2.85 bits per heavy atom. The van der Waals surface area contributed by atoms with Gasteiger partial charge in [0.25, 0.3) is 0 Å². The van der Waals surface area contributed by atoms with Gasteiger partial charge in [-0.15, -0.1) is 0 Å². The smallest absolute Gasteiger partial charge is 0.337 e. The molecule has 7 nitrogen and oxygen atoms in total. The summed E-state index contributed by atoms with van der Waals surface area (Å²) in [6.07, 6.45) is 2.80. The Morgan fingerprint density at radius 2 is 2.19 bits per heavy atom. The molecule has 2 aromatic heterocycles. The first-order chi connectivity index (χ1) is 12.5. The molecular weight excluding hydrogens is 332 g/mol. The standard InChI is InChI=1S/C19H22N4O3/c1-10(24)9-23-15(7-11-3-4-11)22-16-17(23)13-6-5-12(19(25)26-2)8-14(13)21-18(16)20/h5-6,8,10-11,24H,3-4,7,9H2,1-2H3,(H2,20,21). The number of aliphatic hydroxyl groups is 1. The SMILES string of the molecule is COC(=O)c1ccc2c(c1)nc(N)c1nc(CC3CC3)n(CC(C)O)c12. The number of anilines is 1. The fraction of sp³-hybridized carbons (Fsp3) is 0.421. The van der Waals surface area contributed by atoms with Gasteiger partial charge in [-0.2, -0.15) is 0 Å². The van der Waals surface area contributed by atoms with E-state index in [4.69, 9.17) is 15.5 Å². The molecule has 2 heterocycles. The second kappa shape index (κ2) is 6.25. The quantitative estimate of drug-likeness (QED) is 0.681. The average molecular weight is 354 g/mol. The number of ether oxygens (including phenoxy) is 1. The molecule has 1 saturated carbocycles. The number of carbonyl (C=O) groups is 1. The van der Waals surface area contributed by atoms with Crippen LogP contribution < -0.4 is 5.73 Å². The number of nitrogens with two attached hydrogens (primary N) is 1. The lowest BCUT2D eigenvalue weighted by molar-refractivity contribution is 0.0601. The van der Waals surface area contributed by atoms with E-state index in [0.29, 0.717) is 34.9 Å². The van der Waals surface area contributed by atoms with Crippen molar-refractivity contribution in [3.05, 3.63) is 29.6 Å². The summed E-state index contributed by atoms with van der Waals surface area (Å²) in [6, 6.07) is 5.24. The zero-order chi connectivity index (χ0) is 18.4. The van der Waals surface area contributed by atoms with Crippen LogP contribution in [0.4, 0.5) is 5.82 Å². The van der Waals surface area contributed by atoms with Crippen molar-refractivity contribution in [2.75, 3.05) is 12.8 Å². The highest BCUT2D eigenvalue weighted by atomic mass is 16.5. The Morgan fingerprint density at radius 1 is 1.42 bits per heavy atom. The molecule has 1 aromatic carbocycles. The Bertz CT molecular complexity index is 1010. The second-order valence-corrected chi connectivity index (χ2v) is 7.05. The van der Waals surface area contributed by atoms with E-state index in [9.17, 15) is 9.90 Å². The van der Waals surface area contributed by atoms with Gasteiger partial charge in [0, 0.05) is 11.8 Å². The van der Waals surface area contributed by atoms with Gasteiger partial charge < -0.3 is 20.1 Å². The summed E-state index contributed by atoms with van der Waals surface area (Å²) in [6.45, 7) is 2.20. The summed E-state index contributed by atoms with van der Waals surface area (Å²) < 4.78 is 6.84.